The second-order valence-electron chi connectivity index (χ2n) is 4.94. The number of hydrogen-bond acceptors (Lipinski definition) is 2. The number of carbonyl (C=O) groups excluding carboxylic acids is 1. The largest absolute Gasteiger partial charge is 0.508 e. The van der Waals surface area contributed by atoms with Gasteiger partial charge in [0, 0.05) is 17.6 Å². The van der Waals surface area contributed by atoms with E-state index in [1.165, 1.54) is 5.56 Å². The molecule has 0 aliphatic rings. The molecule has 2 rings (SSSR count). The van der Waals surface area contributed by atoms with Crippen LogP contribution in [0, 0.1) is 0 Å². The normalized spacial score (nSPS) is 10.2. The number of carbonyl (C=O) groups is 1. The molecule has 0 aromatic heterocycles. The molecule has 0 atom stereocenters. The molecule has 2 aromatic carbocycles. The Morgan fingerprint density at radius 2 is 1.59 bits per heavy atom. The van der Waals surface area contributed by atoms with Crippen molar-refractivity contribution in [1.82, 2.24) is 10.6 Å². The van der Waals surface area contributed by atoms with Crippen LogP contribution in [0.5, 0.6) is 5.75 Å². The van der Waals surface area contributed by atoms with Crippen molar-refractivity contribution in [2.75, 3.05) is 13.1 Å². The highest BCUT2D eigenvalue weighted by atomic mass is 79.9. The zero-order chi connectivity index (χ0) is 15.8. The fraction of sp³-hybridized carbons (Fsp3) is 0.235. The van der Waals surface area contributed by atoms with Crippen LogP contribution in [-0.2, 0) is 12.8 Å². The number of urea groups is 1. The molecular formula is C17H19BrN2O2. The standard InChI is InChI=1S/C17H19BrN2O2/c18-16-4-2-1-3-14(16)10-12-20-17(22)19-11-9-13-5-7-15(21)8-6-13/h1-8,21H,9-12H2,(H2,19,20,22). The lowest BCUT2D eigenvalue weighted by atomic mass is 10.1. The summed E-state index contributed by atoms with van der Waals surface area (Å²) < 4.78 is 1.06. The van der Waals surface area contributed by atoms with E-state index in [0.717, 1.165) is 22.9 Å². The van der Waals surface area contributed by atoms with Gasteiger partial charge in [-0.3, -0.25) is 0 Å². The third-order valence-electron chi connectivity index (χ3n) is 3.27. The Kier molecular flexibility index (Phi) is 6.27. The first-order valence-corrected chi connectivity index (χ1v) is 7.97. The van der Waals surface area contributed by atoms with Gasteiger partial charge < -0.3 is 15.7 Å². The van der Waals surface area contributed by atoms with Crippen molar-refractivity contribution in [2.24, 2.45) is 0 Å². The highest BCUT2D eigenvalue weighted by molar-refractivity contribution is 9.10. The first kappa shape index (κ1) is 16.4. The Hall–Kier alpha value is -2.01. The van der Waals surface area contributed by atoms with Crippen LogP contribution in [0.15, 0.2) is 53.0 Å². The maximum Gasteiger partial charge on any atom is 0.314 e. The molecule has 0 aliphatic heterocycles. The fourth-order valence-corrected chi connectivity index (χ4v) is 2.54. The van der Waals surface area contributed by atoms with E-state index >= 15 is 0 Å². The van der Waals surface area contributed by atoms with Crippen LogP contribution in [0.4, 0.5) is 4.79 Å². The van der Waals surface area contributed by atoms with E-state index in [-0.39, 0.29) is 11.8 Å². The van der Waals surface area contributed by atoms with Gasteiger partial charge in [0.1, 0.15) is 5.75 Å². The number of phenolic OH excluding ortho intramolecular Hbond substituents is 1. The lowest BCUT2D eigenvalue weighted by molar-refractivity contribution is 0.241. The van der Waals surface area contributed by atoms with Crippen molar-refractivity contribution in [2.45, 2.75) is 12.8 Å². The van der Waals surface area contributed by atoms with E-state index in [4.69, 9.17) is 0 Å². The first-order chi connectivity index (χ1) is 10.6. The van der Waals surface area contributed by atoms with Gasteiger partial charge in [-0.05, 0) is 42.2 Å². The van der Waals surface area contributed by atoms with Crippen LogP contribution in [0.25, 0.3) is 0 Å². The van der Waals surface area contributed by atoms with Gasteiger partial charge in [-0.2, -0.15) is 0 Å². The van der Waals surface area contributed by atoms with Gasteiger partial charge >= 0.3 is 6.03 Å². The maximum atomic E-state index is 11.7. The van der Waals surface area contributed by atoms with Crippen molar-refractivity contribution in [3.8, 4) is 5.75 Å². The van der Waals surface area contributed by atoms with Gasteiger partial charge in [-0.25, -0.2) is 4.79 Å². The smallest absolute Gasteiger partial charge is 0.314 e. The average molecular weight is 363 g/mol. The number of phenols is 1. The van der Waals surface area contributed by atoms with Crippen molar-refractivity contribution >= 4 is 22.0 Å². The van der Waals surface area contributed by atoms with Crippen LogP contribution in [0.3, 0.4) is 0 Å². The number of aromatic hydroxyl groups is 1. The summed E-state index contributed by atoms with van der Waals surface area (Å²) in [5, 5.41) is 14.9. The number of amides is 2. The van der Waals surface area contributed by atoms with Crippen molar-refractivity contribution < 1.29 is 9.90 Å². The molecule has 4 nitrogen and oxygen atoms in total. The summed E-state index contributed by atoms with van der Waals surface area (Å²) in [4.78, 5) is 11.7. The van der Waals surface area contributed by atoms with Gasteiger partial charge in [0.15, 0.2) is 0 Å². The summed E-state index contributed by atoms with van der Waals surface area (Å²) >= 11 is 3.49. The van der Waals surface area contributed by atoms with Crippen molar-refractivity contribution in [1.29, 1.82) is 0 Å². The topological polar surface area (TPSA) is 61.4 Å². The highest BCUT2D eigenvalue weighted by Crippen LogP contribution is 2.15. The fourth-order valence-electron chi connectivity index (χ4n) is 2.06. The molecule has 116 valence electrons. The lowest BCUT2D eigenvalue weighted by Crippen LogP contribution is -2.37. The molecule has 0 fully saturated rings. The number of hydrogen-bond donors (Lipinski definition) is 3. The molecule has 0 saturated carbocycles. The summed E-state index contributed by atoms with van der Waals surface area (Å²) in [6, 6.07) is 14.8. The molecule has 22 heavy (non-hydrogen) atoms. The first-order valence-electron chi connectivity index (χ1n) is 7.18. The van der Waals surface area contributed by atoms with E-state index < -0.39 is 0 Å². The second kappa shape index (κ2) is 8.44. The predicted octanol–water partition coefficient (Wildman–Crippen LogP) is 3.24. The molecular weight excluding hydrogens is 344 g/mol. The van der Waals surface area contributed by atoms with Crippen LogP contribution in [0.2, 0.25) is 0 Å². The number of nitrogens with one attached hydrogen (secondary N) is 2. The van der Waals surface area contributed by atoms with E-state index in [1.807, 2.05) is 36.4 Å². The molecule has 0 unspecified atom stereocenters. The van der Waals surface area contributed by atoms with E-state index in [2.05, 4.69) is 26.6 Å². The Bertz CT molecular complexity index is 614. The summed E-state index contributed by atoms with van der Waals surface area (Å²) in [5.74, 6) is 0.251. The Morgan fingerprint density at radius 1 is 0.955 bits per heavy atom. The minimum Gasteiger partial charge on any atom is -0.508 e. The third-order valence-corrected chi connectivity index (χ3v) is 4.05. The zero-order valence-electron chi connectivity index (χ0n) is 12.2. The van der Waals surface area contributed by atoms with Crippen LogP contribution in [-0.4, -0.2) is 24.2 Å². The summed E-state index contributed by atoms with van der Waals surface area (Å²) in [6.45, 7) is 1.15. The van der Waals surface area contributed by atoms with E-state index in [0.29, 0.717) is 13.1 Å². The van der Waals surface area contributed by atoms with Crippen molar-refractivity contribution in [3.63, 3.8) is 0 Å². The Morgan fingerprint density at radius 3 is 2.27 bits per heavy atom. The zero-order valence-corrected chi connectivity index (χ0v) is 13.8. The quantitative estimate of drug-likeness (QED) is 0.738. The van der Waals surface area contributed by atoms with E-state index in [1.54, 1.807) is 12.1 Å². The molecule has 2 aromatic rings. The maximum absolute atomic E-state index is 11.7. The van der Waals surface area contributed by atoms with Gasteiger partial charge in [0.05, 0.1) is 0 Å². The molecule has 0 spiro atoms. The SMILES string of the molecule is O=C(NCCc1ccc(O)cc1)NCCc1ccccc1Br. The molecule has 0 saturated heterocycles. The molecule has 0 aliphatic carbocycles. The molecule has 2 amide bonds. The monoisotopic (exact) mass is 362 g/mol. The Labute approximate surface area is 138 Å². The molecule has 0 bridgehead atoms. The third kappa shape index (κ3) is 5.41. The van der Waals surface area contributed by atoms with Crippen LogP contribution in [0.1, 0.15) is 11.1 Å². The second-order valence-corrected chi connectivity index (χ2v) is 5.79. The Balaban J connectivity index is 1.64. The van der Waals surface area contributed by atoms with E-state index in [9.17, 15) is 9.90 Å². The van der Waals surface area contributed by atoms with Crippen LogP contribution < -0.4 is 10.6 Å². The molecule has 5 heteroatoms. The lowest BCUT2D eigenvalue weighted by Gasteiger charge is -2.08. The molecule has 3 N–H and O–H groups in total. The number of benzene rings is 2. The van der Waals surface area contributed by atoms with Gasteiger partial charge in [0.25, 0.3) is 0 Å². The molecule has 0 radical (unpaired) electrons. The number of rotatable bonds is 6. The summed E-state index contributed by atoms with van der Waals surface area (Å²) in [5.41, 5.74) is 2.25. The van der Waals surface area contributed by atoms with Crippen LogP contribution >= 0.6 is 15.9 Å². The number of halogens is 1. The summed E-state index contributed by atoms with van der Waals surface area (Å²) in [6.07, 6.45) is 1.52. The summed E-state index contributed by atoms with van der Waals surface area (Å²) in [7, 11) is 0. The average Bonchev–Trinajstić information content (AvgIpc) is 2.51. The van der Waals surface area contributed by atoms with Gasteiger partial charge in [0.2, 0.25) is 0 Å². The highest BCUT2D eigenvalue weighted by Gasteiger charge is 2.02. The minimum absolute atomic E-state index is 0.161. The minimum atomic E-state index is -0.161. The predicted molar refractivity (Wildman–Crippen MR) is 91.1 cm³/mol. The van der Waals surface area contributed by atoms with Gasteiger partial charge in [-0.1, -0.05) is 46.3 Å². The van der Waals surface area contributed by atoms with Gasteiger partial charge in [-0.15, -0.1) is 0 Å². The molecule has 0 heterocycles. The van der Waals surface area contributed by atoms with Crippen molar-refractivity contribution in [3.05, 3.63) is 64.1 Å².